The van der Waals surface area contributed by atoms with Gasteiger partial charge in [-0.25, -0.2) is 8.42 Å². The van der Waals surface area contributed by atoms with Gasteiger partial charge in [0.2, 0.25) is 5.89 Å². The SMILES string of the molecule is CCc1noc(CN2CCN(S(=O)(=O)c3ccc(Br)s3)CC2)n1. The summed E-state index contributed by atoms with van der Waals surface area (Å²) in [4.78, 5) is 6.41. The Labute approximate surface area is 147 Å². The highest BCUT2D eigenvalue weighted by Crippen LogP contribution is 2.29. The van der Waals surface area contributed by atoms with Crippen LogP contribution in [0.4, 0.5) is 0 Å². The molecule has 0 radical (unpaired) electrons. The van der Waals surface area contributed by atoms with Gasteiger partial charge in [0, 0.05) is 32.6 Å². The van der Waals surface area contributed by atoms with Crippen molar-refractivity contribution in [2.75, 3.05) is 26.2 Å². The lowest BCUT2D eigenvalue weighted by Gasteiger charge is -2.32. The maximum Gasteiger partial charge on any atom is 0.252 e. The number of thiophene rings is 1. The number of halogens is 1. The zero-order chi connectivity index (χ0) is 16.4. The average molecular weight is 421 g/mol. The molecule has 1 fully saturated rings. The van der Waals surface area contributed by atoms with E-state index in [1.54, 1.807) is 12.1 Å². The van der Waals surface area contributed by atoms with Gasteiger partial charge >= 0.3 is 0 Å². The van der Waals surface area contributed by atoms with E-state index in [1.807, 2.05) is 6.92 Å². The second-order valence-corrected chi connectivity index (χ2v) is 9.82. The second kappa shape index (κ2) is 6.98. The number of hydrogen-bond donors (Lipinski definition) is 0. The normalized spacial score (nSPS) is 17.7. The maximum absolute atomic E-state index is 12.6. The number of piperazine rings is 1. The van der Waals surface area contributed by atoms with Crippen LogP contribution in [-0.2, 0) is 23.0 Å². The van der Waals surface area contributed by atoms with Crippen molar-refractivity contribution in [3.63, 3.8) is 0 Å². The Hall–Kier alpha value is -0.810. The van der Waals surface area contributed by atoms with Crippen molar-refractivity contribution in [2.45, 2.75) is 24.1 Å². The molecule has 1 aliphatic rings. The second-order valence-electron chi connectivity index (χ2n) is 5.20. The summed E-state index contributed by atoms with van der Waals surface area (Å²) >= 11 is 4.54. The fourth-order valence-electron chi connectivity index (χ4n) is 2.38. The zero-order valence-electron chi connectivity index (χ0n) is 12.6. The zero-order valence-corrected chi connectivity index (χ0v) is 15.8. The van der Waals surface area contributed by atoms with E-state index in [0.29, 0.717) is 48.6 Å². The smallest absolute Gasteiger partial charge is 0.252 e. The molecule has 0 amide bonds. The first-order valence-corrected chi connectivity index (χ1v) is 10.3. The number of sulfonamides is 1. The molecule has 0 atom stereocenters. The lowest BCUT2D eigenvalue weighted by Crippen LogP contribution is -2.48. The van der Waals surface area contributed by atoms with Crippen LogP contribution < -0.4 is 0 Å². The lowest BCUT2D eigenvalue weighted by atomic mass is 10.3. The quantitative estimate of drug-likeness (QED) is 0.735. The van der Waals surface area contributed by atoms with Gasteiger partial charge in [0.1, 0.15) is 4.21 Å². The van der Waals surface area contributed by atoms with Crippen molar-refractivity contribution in [2.24, 2.45) is 0 Å². The molecule has 126 valence electrons. The molecule has 1 saturated heterocycles. The van der Waals surface area contributed by atoms with Gasteiger partial charge < -0.3 is 4.52 Å². The van der Waals surface area contributed by atoms with Crippen molar-refractivity contribution in [3.8, 4) is 0 Å². The molecular formula is C13H17BrN4O3S2. The van der Waals surface area contributed by atoms with Gasteiger partial charge in [0.25, 0.3) is 10.0 Å². The van der Waals surface area contributed by atoms with E-state index in [0.717, 1.165) is 10.2 Å². The molecule has 0 unspecified atom stereocenters. The first-order chi connectivity index (χ1) is 11.0. The molecule has 23 heavy (non-hydrogen) atoms. The Morgan fingerprint density at radius 1 is 1.30 bits per heavy atom. The number of hydrogen-bond acceptors (Lipinski definition) is 7. The molecular weight excluding hydrogens is 404 g/mol. The minimum absolute atomic E-state index is 0.377. The van der Waals surface area contributed by atoms with Gasteiger partial charge in [-0.3, -0.25) is 4.90 Å². The Kier molecular flexibility index (Phi) is 5.16. The summed E-state index contributed by atoms with van der Waals surface area (Å²) in [6.07, 6.45) is 0.742. The highest BCUT2D eigenvalue weighted by Gasteiger charge is 2.30. The van der Waals surface area contributed by atoms with Crippen molar-refractivity contribution in [1.29, 1.82) is 0 Å². The number of aryl methyl sites for hydroxylation is 1. The number of nitrogens with zero attached hydrogens (tertiary/aromatic N) is 4. The topological polar surface area (TPSA) is 79.5 Å². The average Bonchev–Trinajstić information content (AvgIpc) is 3.17. The third kappa shape index (κ3) is 3.82. The van der Waals surface area contributed by atoms with E-state index in [9.17, 15) is 8.42 Å². The van der Waals surface area contributed by atoms with Crippen LogP contribution in [0.3, 0.4) is 0 Å². The highest BCUT2D eigenvalue weighted by molar-refractivity contribution is 9.11. The first kappa shape index (κ1) is 17.0. The summed E-state index contributed by atoms with van der Waals surface area (Å²) in [5.41, 5.74) is 0. The molecule has 1 aliphatic heterocycles. The molecule has 3 heterocycles. The van der Waals surface area contributed by atoms with Gasteiger partial charge in [0.05, 0.1) is 10.3 Å². The van der Waals surface area contributed by atoms with Crippen molar-refractivity contribution < 1.29 is 12.9 Å². The maximum atomic E-state index is 12.6. The summed E-state index contributed by atoms with van der Waals surface area (Å²) in [6, 6.07) is 3.40. The van der Waals surface area contributed by atoms with Crippen LogP contribution in [0, 0.1) is 0 Å². The van der Waals surface area contributed by atoms with Crippen molar-refractivity contribution in [3.05, 3.63) is 27.6 Å². The van der Waals surface area contributed by atoms with Gasteiger partial charge in [-0.1, -0.05) is 12.1 Å². The fourth-order valence-corrected chi connectivity index (χ4v) is 5.97. The largest absolute Gasteiger partial charge is 0.338 e. The van der Waals surface area contributed by atoms with Crippen LogP contribution in [0.15, 0.2) is 24.7 Å². The number of rotatable bonds is 5. The lowest BCUT2D eigenvalue weighted by molar-refractivity contribution is 0.163. The first-order valence-electron chi connectivity index (χ1n) is 7.28. The van der Waals surface area contributed by atoms with Gasteiger partial charge in [-0.2, -0.15) is 9.29 Å². The molecule has 3 rings (SSSR count). The monoisotopic (exact) mass is 420 g/mol. The molecule has 7 nitrogen and oxygen atoms in total. The van der Waals surface area contributed by atoms with Crippen LogP contribution in [0.2, 0.25) is 0 Å². The Bertz CT molecular complexity index is 766. The molecule has 2 aromatic heterocycles. The van der Waals surface area contributed by atoms with Crippen molar-refractivity contribution in [1.82, 2.24) is 19.3 Å². The third-order valence-corrected chi connectivity index (χ3v) is 7.65. The molecule has 10 heteroatoms. The molecule has 0 bridgehead atoms. The third-order valence-electron chi connectivity index (χ3n) is 3.66. The van der Waals surface area contributed by atoms with E-state index in [1.165, 1.54) is 15.6 Å². The minimum atomic E-state index is -3.39. The fraction of sp³-hybridized carbons (Fsp3) is 0.538. The Morgan fingerprint density at radius 2 is 2.04 bits per heavy atom. The van der Waals surface area contributed by atoms with Crippen LogP contribution in [0.1, 0.15) is 18.6 Å². The summed E-state index contributed by atoms with van der Waals surface area (Å²) in [5, 5.41) is 3.87. The van der Waals surface area contributed by atoms with Crippen LogP contribution in [0.25, 0.3) is 0 Å². The predicted molar refractivity (Wildman–Crippen MR) is 89.7 cm³/mol. The molecule has 0 N–H and O–H groups in total. The van der Waals surface area contributed by atoms with Crippen LogP contribution >= 0.6 is 27.3 Å². The van der Waals surface area contributed by atoms with Gasteiger partial charge in [-0.05, 0) is 28.1 Å². The molecule has 2 aromatic rings. The molecule has 0 spiro atoms. The summed E-state index contributed by atoms with van der Waals surface area (Å²) < 4.78 is 33.0. The Morgan fingerprint density at radius 3 is 2.61 bits per heavy atom. The van der Waals surface area contributed by atoms with E-state index in [-0.39, 0.29) is 0 Å². The summed E-state index contributed by atoms with van der Waals surface area (Å²) in [7, 11) is -3.39. The van der Waals surface area contributed by atoms with Gasteiger partial charge in [0.15, 0.2) is 5.82 Å². The van der Waals surface area contributed by atoms with Crippen LogP contribution in [-0.4, -0.2) is 53.9 Å². The van der Waals surface area contributed by atoms with Crippen LogP contribution in [0.5, 0.6) is 0 Å². The predicted octanol–water partition coefficient (Wildman–Crippen LogP) is 1.96. The Balaban J connectivity index is 1.59. The van der Waals surface area contributed by atoms with Crippen molar-refractivity contribution >= 4 is 37.3 Å². The van der Waals surface area contributed by atoms with E-state index < -0.39 is 10.0 Å². The molecule has 0 aliphatic carbocycles. The number of aromatic nitrogens is 2. The van der Waals surface area contributed by atoms with E-state index in [4.69, 9.17) is 4.52 Å². The molecule has 0 saturated carbocycles. The highest BCUT2D eigenvalue weighted by atomic mass is 79.9. The van der Waals surface area contributed by atoms with E-state index in [2.05, 4.69) is 31.0 Å². The van der Waals surface area contributed by atoms with Gasteiger partial charge in [-0.15, -0.1) is 11.3 Å². The summed E-state index contributed by atoms with van der Waals surface area (Å²) in [5.74, 6) is 1.28. The molecule has 0 aromatic carbocycles. The minimum Gasteiger partial charge on any atom is -0.338 e. The van der Waals surface area contributed by atoms with E-state index >= 15 is 0 Å². The summed E-state index contributed by atoms with van der Waals surface area (Å²) in [6.45, 7) is 4.76. The standard InChI is InChI=1S/C13H17BrN4O3S2/c1-2-11-15-12(21-16-11)9-17-5-7-18(8-6-17)23(19,20)13-4-3-10(14)22-13/h3-4H,2,5-9H2,1H3.